The second-order valence-corrected chi connectivity index (χ2v) is 10.2. The van der Waals surface area contributed by atoms with Crippen LogP contribution in [0, 0.1) is 6.92 Å². The maximum Gasteiger partial charge on any atom is 0.270 e. The first-order chi connectivity index (χ1) is 17.3. The van der Waals surface area contributed by atoms with Gasteiger partial charge in [0.1, 0.15) is 10.6 Å². The van der Waals surface area contributed by atoms with Gasteiger partial charge in [-0.05, 0) is 55.0 Å². The van der Waals surface area contributed by atoms with Crippen LogP contribution in [0.2, 0.25) is 0 Å². The predicted octanol–water partition coefficient (Wildman–Crippen LogP) is 2.99. The standard InChI is InChI=1S/C26H23N5O4S/c1-17-14-19(26(33)31-15-20(16-31)29-25(32)22-8-2-3-12-27-22)10-11-21(17)30-36(34,35)23-9-4-6-18-7-5-13-28-24(18)23/h2-14,20,30H,15-16H2,1H3,(H,29,32). The highest BCUT2D eigenvalue weighted by molar-refractivity contribution is 7.93. The van der Waals surface area contributed by atoms with Crippen LogP contribution in [-0.4, -0.2) is 54.2 Å². The number of likely N-dealkylation sites (tertiary alicyclic amines) is 1. The summed E-state index contributed by atoms with van der Waals surface area (Å²) in [7, 11) is -3.90. The number of anilines is 1. The third-order valence-corrected chi connectivity index (χ3v) is 7.40. The van der Waals surface area contributed by atoms with E-state index in [1.807, 2.05) is 0 Å². The zero-order valence-electron chi connectivity index (χ0n) is 19.4. The third kappa shape index (κ3) is 4.63. The maximum atomic E-state index is 13.1. The smallest absolute Gasteiger partial charge is 0.270 e. The second-order valence-electron chi connectivity index (χ2n) is 8.56. The molecule has 3 heterocycles. The van der Waals surface area contributed by atoms with Crippen molar-refractivity contribution >= 4 is 38.4 Å². The van der Waals surface area contributed by atoms with Gasteiger partial charge in [-0.1, -0.05) is 24.3 Å². The fraction of sp³-hybridized carbons (Fsp3) is 0.154. The summed E-state index contributed by atoms with van der Waals surface area (Å²) in [5.41, 5.74) is 2.15. The molecule has 0 bridgehead atoms. The summed E-state index contributed by atoms with van der Waals surface area (Å²) in [6, 6.07) is 18.3. The molecule has 1 aliphatic rings. The van der Waals surface area contributed by atoms with E-state index < -0.39 is 10.0 Å². The average Bonchev–Trinajstić information content (AvgIpc) is 2.86. The molecular weight excluding hydrogens is 478 g/mol. The Balaban J connectivity index is 1.25. The van der Waals surface area contributed by atoms with Crippen molar-refractivity contribution in [2.24, 2.45) is 0 Å². The molecule has 1 aliphatic heterocycles. The SMILES string of the molecule is Cc1cc(C(=O)N2CC(NC(=O)c3ccccn3)C2)ccc1NS(=O)(=O)c1cccc2cccnc12. The van der Waals surface area contributed by atoms with Crippen LogP contribution in [0.3, 0.4) is 0 Å². The molecule has 2 amide bonds. The summed E-state index contributed by atoms with van der Waals surface area (Å²) in [5.74, 6) is -0.462. The highest BCUT2D eigenvalue weighted by Gasteiger charge is 2.32. The van der Waals surface area contributed by atoms with Crippen molar-refractivity contribution in [3.63, 3.8) is 0 Å². The summed E-state index contributed by atoms with van der Waals surface area (Å²) in [4.78, 5) is 35.1. The highest BCUT2D eigenvalue weighted by Crippen LogP contribution is 2.26. The molecule has 0 saturated carbocycles. The van der Waals surface area contributed by atoms with Crippen LogP contribution in [0.4, 0.5) is 5.69 Å². The van der Waals surface area contributed by atoms with Crippen molar-refractivity contribution in [3.8, 4) is 0 Å². The van der Waals surface area contributed by atoms with Crippen molar-refractivity contribution in [1.82, 2.24) is 20.2 Å². The molecule has 2 aromatic heterocycles. The van der Waals surface area contributed by atoms with E-state index in [9.17, 15) is 18.0 Å². The van der Waals surface area contributed by atoms with Gasteiger partial charge in [0.2, 0.25) is 0 Å². The largest absolute Gasteiger partial charge is 0.344 e. The zero-order valence-corrected chi connectivity index (χ0v) is 20.2. The van der Waals surface area contributed by atoms with Gasteiger partial charge < -0.3 is 10.2 Å². The summed E-state index contributed by atoms with van der Waals surface area (Å²) < 4.78 is 28.8. The Labute approximate surface area is 208 Å². The summed E-state index contributed by atoms with van der Waals surface area (Å²) in [5, 5.41) is 3.59. The minimum atomic E-state index is -3.90. The lowest BCUT2D eigenvalue weighted by atomic mass is 10.0. The van der Waals surface area contributed by atoms with Gasteiger partial charge in [-0.2, -0.15) is 0 Å². The molecule has 4 aromatic rings. The molecule has 9 nitrogen and oxygen atoms in total. The number of fused-ring (bicyclic) bond motifs is 1. The monoisotopic (exact) mass is 501 g/mol. The number of benzene rings is 2. The number of sulfonamides is 1. The van der Waals surface area contributed by atoms with Crippen molar-refractivity contribution in [3.05, 3.63) is 95.9 Å². The van der Waals surface area contributed by atoms with E-state index in [2.05, 4.69) is 20.0 Å². The van der Waals surface area contributed by atoms with Crippen LogP contribution < -0.4 is 10.0 Å². The van der Waals surface area contributed by atoms with E-state index in [1.54, 1.807) is 84.9 Å². The second kappa shape index (κ2) is 9.38. The molecule has 1 fully saturated rings. The molecule has 2 aromatic carbocycles. The van der Waals surface area contributed by atoms with Crippen LogP contribution in [0.5, 0.6) is 0 Å². The lowest BCUT2D eigenvalue weighted by Gasteiger charge is -2.39. The van der Waals surface area contributed by atoms with Gasteiger partial charge in [0.25, 0.3) is 21.8 Å². The molecule has 182 valence electrons. The highest BCUT2D eigenvalue weighted by atomic mass is 32.2. The van der Waals surface area contributed by atoms with E-state index in [-0.39, 0.29) is 22.8 Å². The number of nitrogens with one attached hydrogen (secondary N) is 2. The lowest BCUT2D eigenvalue weighted by molar-refractivity contribution is 0.0542. The number of pyridine rings is 2. The molecule has 10 heteroatoms. The Hall–Kier alpha value is -4.31. The topological polar surface area (TPSA) is 121 Å². The molecule has 1 saturated heterocycles. The van der Waals surface area contributed by atoms with Crippen LogP contribution in [0.1, 0.15) is 26.4 Å². The first kappa shape index (κ1) is 23.4. The lowest BCUT2D eigenvalue weighted by Crippen LogP contribution is -2.61. The zero-order chi connectivity index (χ0) is 25.3. The van der Waals surface area contributed by atoms with Gasteiger partial charge in [0.15, 0.2) is 0 Å². The van der Waals surface area contributed by atoms with E-state index in [0.717, 1.165) is 5.39 Å². The van der Waals surface area contributed by atoms with Gasteiger partial charge in [-0.3, -0.25) is 24.3 Å². The summed E-state index contributed by atoms with van der Waals surface area (Å²) >= 11 is 0. The number of nitrogens with zero attached hydrogens (tertiary/aromatic N) is 3. The average molecular weight is 502 g/mol. The van der Waals surface area contributed by atoms with Crippen LogP contribution in [0.25, 0.3) is 10.9 Å². The Kier molecular flexibility index (Phi) is 6.11. The fourth-order valence-electron chi connectivity index (χ4n) is 4.08. The van der Waals surface area contributed by atoms with E-state index in [1.165, 1.54) is 6.07 Å². The molecule has 36 heavy (non-hydrogen) atoms. The Morgan fingerprint density at radius 3 is 2.47 bits per heavy atom. The van der Waals surface area contributed by atoms with Crippen LogP contribution in [0.15, 0.2) is 84.0 Å². The Bertz CT molecular complexity index is 1560. The summed E-state index contributed by atoms with van der Waals surface area (Å²) in [6.45, 7) is 2.51. The van der Waals surface area contributed by atoms with Gasteiger partial charge in [-0.25, -0.2) is 8.42 Å². The number of hydrogen-bond acceptors (Lipinski definition) is 6. The molecule has 0 radical (unpaired) electrons. The Morgan fingerprint density at radius 2 is 1.72 bits per heavy atom. The number of rotatable bonds is 6. The first-order valence-corrected chi connectivity index (χ1v) is 12.8. The normalized spacial score (nSPS) is 13.8. The number of aromatic nitrogens is 2. The number of para-hydroxylation sites is 1. The number of amides is 2. The van der Waals surface area contributed by atoms with Gasteiger partial charge >= 0.3 is 0 Å². The molecule has 0 aliphatic carbocycles. The molecule has 0 atom stereocenters. The molecule has 5 rings (SSSR count). The van der Waals surface area contributed by atoms with E-state index >= 15 is 0 Å². The minimum Gasteiger partial charge on any atom is -0.344 e. The molecule has 2 N–H and O–H groups in total. The van der Waals surface area contributed by atoms with Gasteiger partial charge in [0, 0.05) is 36.4 Å². The van der Waals surface area contributed by atoms with Crippen molar-refractivity contribution < 1.29 is 18.0 Å². The number of carbonyl (C=O) groups excluding carboxylic acids is 2. The van der Waals surface area contributed by atoms with Crippen LogP contribution in [-0.2, 0) is 10.0 Å². The van der Waals surface area contributed by atoms with Crippen molar-refractivity contribution in [2.45, 2.75) is 17.9 Å². The number of carbonyl (C=O) groups is 2. The molecular formula is C26H23N5O4S. The predicted molar refractivity (Wildman–Crippen MR) is 135 cm³/mol. The first-order valence-electron chi connectivity index (χ1n) is 11.3. The van der Waals surface area contributed by atoms with Crippen molar-refractivity contribution in [2.75, 3.05) is 17.8 Å². The van der Waals surface area contributed by atoms with E-state index in [4.69, 9.17) is 0 Å². The fourth-order valence-corrected chi connectivity index (χ4v) is 5.39. The van der Waals surface area contributed by atoms with Crippen molar-refractivity contribution in [1.29, 1.82) is 0 Å². The van der Waals surface area contributed by atoms with Gasteiger partial charge in [-0.15, -0.1) is 0 Å². The summed E-state index contributed by atoms with van der Waals surface area (Å²) in [6.07, 6.45) is 3.11. The van der Waals surface area contributed by atoms with Gasteiger partial charge in [0.05, 0.1) is 17.2 Å². The Morgan fingerprint density at radius 1 is 0.944 bits per heavy atom. The van der Waals surface area contributed by atoms with Crippen LogP contribution >= 0.6 is 0 Å². The molecule has 0 unspecified atom stereocenters. The third-order valence-electron chi connectivity index (χ3n) is 6.00. The number of hydrogen-bond donors (Lipinski definition) is 2. The minimum absolute atomic E-state index is 0.0829. The maximum absolute atomic E-state index is 13.1. The van der Waals surface area contributed by atoms with E-state index in [0.29, 0.717) is 41.1 Å². The number of aryl methyl sites for hydroxylation is 1. The molecule has 0 spiro atoms. The quantitative estimate of drug-likeness (QED) is 0.419.